The number of fused-ring (bicyclic) bond motifs is 1. The van der Waals surface area contributed by atoms with Gasteiger partial charge in [-0.15, -0.1) is 0 Å². The van der Waals surface area contributed by atoms with Gasteiger partial charge < -0.3 is 0 Å². The van der Waals surface area contributed by atoms with Crippen LogP contribution in [0, 0.1) is 13.8 Å². The van der Waals surface area contributed by atoms with Crippen LogP contribution in [-0.2, 0) is 12.8 Å². The number of benzene rings is 1. The molecular formula is C17H22BrN. The molecule has 0 fully saturated rings. The van der Waals surface area contributed by atoms with E-state index in [9.17, 15) is 0 Å². The van der Waals surface area contributed by atoms with Gasteiger partial charge in [0.15, 0.2) is 0 Å². The van der Waals surface area contributed by atoms with E-state index in [0.29, 0.717) is 0 Å². The predicted octanol–water partition coefficient (Wildman–Crippen LogP) is 5.52. The monoisotopic (exact) mass is 319 g/mol. The van der Waals surface area contributed by atoms with Gasteiger partial charge in [0.25, 0.3) is 0 Å². The maximum atomic E-state index is 4.86. The quantitative estimate of drug-likeness (QED) is 0.723. The van der Waals surface area contributed by atoms with Crippen molar-refractivity contribution in [3.05, 3.63) is 39.1 Å². The van der Waals surface area contributed by atoms with Gasteiger partial charge in [0.2, 0.25) is 0 Å². The Kier molecular flexibility index (Phi) is 4.62. The number of hydrogen-bond acceptors (Lipinski definition) is 1. The molecule has 2 rings (SSSR count). The van der Waals surface area contributed by atoms with Crippen LogP contribution in [0.15, 0.2) is 16.6 Å². The molecule has 0 saturated carbocycles. The molecule has 0 saturated heterocycles. The topological polar surface area (TPSA) is 12.9 Å². The van der Waals surface area contributed by atoms with Crippen LogP contribution in [0.3, 0.4) is 0 Å². The van der Waals surface area contributed by atoms with Crippen LogP contribution in [0.4, 0.5) is 0 Å². The fraction of sp³-hybridized carbons (Fsp3) is 0.471. The van der Waals surface area contributed by atoms with Crippen LogP contribution in [0.2, 0.25) is 0 Å². The zero-order chi connectivity index (χ0) is 14.0. The highest BCUT2D eigenvalue weighted by Gasteiger charge is 2.12. The Morgan fingerprint density at radius 2 is 1.68 bits per heavy atom. The summed E-state index contributed by atoms with van der Waals surface area (Å²) in [5.41, 5.74) is 5.22. The normalized spacial score (nSPS) is 11.2. The number of halogens is 1. The molecule has 0 unspecified atom stereocenters. The van der Waals surface area contributed by atoms with Gasteiger partial charge in [0.05, 0.1) is 0 Å². The molecule has 2 heteroatoms. The van der Waals surface area contributed by atoms with Gasteiger partial charge in [0.1, 0.15) is 0 Å². The lowest BCUT2D eigenvalue weighted by atomic mass is 9.95. The number of pyridine rings is 1. The second-order valence-corrected chi connectivity index (χ2v) is 6.12. The first-order valence-corrected chi connectivity index (χ1v) is 7.96. The standard InChI is InChI=1S/C17H22BrN/c1-5-7-13-15-9-11(3)16(18)10-14(15)12(4)19-17(13)8-6-2/h9-10H,5-8H2,1-4H3. The first kappa shape index (κ1) is 14.5. The van der Waals surface area contributed by atoms with Gasteiger partial charge >= 0.3 is 0 Å². The Morgan fingerprint density at radius 1 is 1.00 bits per heavy atom. The van der Waals surface area contributed by atoms with Crippen molar-refractivity contribution in [2.45, 2.75) is 53.4 Å². The van der Waals surface area contributed by atoms with Gasteiger partial charge in [-0.05, 0) is 55.3 Å². The summed E-state index contributed by atoms with van der Waals surface area (Å²) in [4.78, 5) is 4.86. The molecule has 1 nitrogen and oxygen atoms in total. The highest BCUT2D eigenvalue weighted by molar-refractivity contribution is 9.10. The van der Waals surface area contributed by atoms with E-state index in [1.165, 1.54) is 38.5 Å². The molecule has 102 valence electrons. The first-order valence-electron chi connectivity index (χ1n) is 7.16. The van der Waals surface area contributed by atoms with Gasteiger partial charge in [-0.1, -0.05) is 42.6 Å². The fourth-order valence-electron chi connectivity index (χ4n) is 2.69. The molecule has 19 heavy (non-hydrogen) atoms. The van der Waals surface area contributed by atoms with E-state index >= 15 is 0 Å². The molecule has 1 aromatic carbocycles. The van der Waals surface area contributed by atoms with Crippen LogP contribution in [0.5, 0.6) is 0 Å². The minimum absolute atomic E-state index is 1.08. The number of nitrogens with zero attached hydrogens (tertiary/aromatic N) is 1. The summed E-state index contributed by atoms with van der Waals surface area (Å²) in [6, 6.07) is 4.54. The van der Waals surface area contributed by atoms with Crippen LogP contribution in [0.1, 0.15) is 49.2 Å². The Hall–Kier alpha value is -0.890. The molecule has 0 aliphatic heterocycles. The molecule has 0 spiro atoms. The maximum Gasteiger partial charge on any atom is 0.0454 e. The second kappa shape index (κ2) is 6.04. The van der Waals surface area contributed by atoms with E-state index in [-0.39, 0.29) is 0 Å². The third kappa shape index (κ3) is 2.84. The lowest BCUT2D eigenvalue weighted by Gasteiger charge is -2.15. The van der Waals surface area contributed by atoms with Crippen molar-refractivity contribution in [1.82, 2.24) is 4.98 Å². The van der Waals surface area contributed by atoms with Gasteiger partial charge in [-0.25, -0.2) is 0 Å². The molecule has 0 aliphatic rings. The number of aryl methyl sites for hydroxylation is 4. The van der Waals surface area contributed by atoms with Crippen molar-refractivity contribution in [1.29, 1.82) is 0 Å². The van der Waals surface area contributed by atoms with Gasteiger partial charge in [0, 0.05) is 21.2 Å². The number of rotatable bonds is 4. The minimum atomic E-state index is 1.08. The van der Waals surface area contributed by atoms with E-state index < -0.39 is 0 Å². The Labute approximate surface area is 124 Å². The second-order valence-electron chi connectivity index (χ2n) is 5.27. The minimum Gasteiger partial charge on any atom is -0.257 e. The smallest absolute Gasteiger partial charge is 0.0454 e. The average Bonchev–Trinajstić information content (AvgIpc) is 2.37. The molecule has 2 aromatic rings. The first-order chi connectivity index (χ1) is 9.08. The lowest BCUT2D eigenvalue weighted by molar-refractivity contribution is 0.831. The highest BCUT2D eigenvalue weighted by Crippen LogP contribution is 2.30. The Morgan fingerprint density at radius 3 is 2.32 bits per heavy atom. The van der Waals surface area contributed by atoms with Crippen molar-refractivity contribution in [3.63, 3.8) is 0 Å². The van der Waals surface area contributed by atoms with Gasteiger partial charge in [-0.2, -0.15) is 0 Å². The Balaban J connectivity index is 2.77. The van der Waals surface area contributed by atoms with E-state index in [0.717, 1.165) is 25.0 Å². The number of aromatic nitrogens is 1. The molecule has 0 radical (unpaired) electrons. The largest absolute Gasteiger partial charge is 0.257 e. The zero-order valence-corrected chi connectivity index (χ0v) is 13.9. The Bertz CT molecular complexity index is 602. The molecule has 0 aliphatic carbocycles. The van der Waals surface area contributed by atoms with Crippen LogP contribution < -0.4 is 0 Å². The summed E-state index contributed by atoms with van der Waals surface area (Å²) in [5.74, 6) is 0. The van der Waals surface area contributed by atoms with Crippen molar-refractivity contribution in [3.8, 4) is 0 Å². The van der Waals surface area contributed by atoms with E-state index in [2.05, 4.69) is 55.8 Å². The third-order valence-electron chi connectivity index (χ3n) is 3.65. The highest BCUT2D eigenvalue weighted by atomic mass is 79.9. The molecular weight excluding hydrogens is 298 g/mol. The maximum absolute atomic E-state index is 4.86. The average molecular weight is 320 g/mol. The SMILES string of the molecule is CCCc1nc(C)c2cc(Br)c(C)cc2c1CCC. The van der Waals surface area contributed by atoms with Crippen LogP contribution >= 0.6 is 15.9 Å². The van der Waals surface area contributed by atoms with Crippen LogP contribution in [-0.4, -0.2) is 4.98 Å². The summed E-state index contributed by atoms with van der Waals surface area (Å²) in [5, 5.41) is 2.69. The summed E-state index contributed by atoms with van der Waals surface area (Å²) in [7, 11) is 0. The summed E-state index contributed by atoms with van der Waals surface area (Å²) in [6.45, 7) is 8.75. The van der Waals surface area contributed by atoms with Crippen LogP contribution in [0.25, 0.3) is 10.8 Å². The van der Waals surface area contributed by atoms with Gasteiger partial charge in [-0.3, -0.25) is 4.98 Å². The summed E-state index contributed by atoms with van der Waals surface area (Å²) < 4.78 is 1.18. The lowest BCUT2D eigenvalue weighted by Crippen LogP contribution is -2.02. The van der Waals surface area contributed by atoms with E-state index in [4.69, 9.17) is 4.98 Å². The van der Waals surface area contributed by atoms with E-state index in [1.54, 1.807) is 0 Å². The fourth-order valence-corrected chi connectivity index (χ4v) is 3.03. The molecule has 0 atom stereocenters. The van der Waals surface area contributed by atoms with E-state index in [1.807, 2.05) is 0 Å². The molecule has 0 bridgehead atoms. The number of hydrogen-bond donors (Lipinski definition) is 0. The van der Waals surface area contributed by atoms with Crippen molar-refractivity contribution in [2.24, 2.45) is 0 Å². The zero-order valence-electron chi connectivity index (χ0n) is 12.3. The molecule has 1 aromatic heterocycles. The third-order valence-corrected chi connectivity index (χ3v) is 4.51. The van der Waals surface area contributed by atoms with Crippen molar-refractivity contribution in [2.75, 3.05) is 0 Å². The molecule has 1 heterocycles. The summed E-state index contributed by atoms with van der Waals surface area (Å²) >= 11 is 3.64. The predicted molar refractivity (Wildman–Crippen MR) is 86.9 cm³/mol. The van der Waals surface area contributed by atoms with Crippen molar-refractivity contribution < 1.29 is 0 Å². The van der Waals surface area contributed by atoms with Crippen molar-refractivity contribution >= 4 is 26.7 Å². The molecule has 0 amide bonds. The summed E-state index contributed by atoms with van der Waals surface area (Å²) in [6.07, 6.45) is 4.54. The molecule has 0 N–H and O–H groups in total.